The lowest BCUT2D eigenvalue weighted by molar-refractivity contribution is -0.114. The van der Waals surface area contributed by atoms with Crippen molar-refractivity contribution >= 4 is 22.6 Å². The monoisotopic (exact) mass is 382 g/mol. The Bertz CT molecular complexity index is 1020. The summed E-state index contributed by atoms with van der Waals surface area (Å²) in [6, 6.07) is 5.60. The molecular weight excluding hydrogens is 360 g/mol. The van der Waals surface area contributed by atoms with E-state index in [4.69, 9.17) is 19.2 Å². The van der Waals surface area contributed by atoms with E-state index in [1.165, 1.54) is 6.92 Å². The van der Waals surface area contributed by atoms with Crippen molar-refractivity contribution in [2.45, 2.75) is 18.9 Å². The van der Waals surface area contributed by atoms with Gasteiger partial charge in [-0.3, -0.25) is 4.79 Å². The van der Waals surface area contributed by atoms with Gasteiger partial charge in [0, 0.05) is 56.3 Å². The quantitative estimate of drug-likeness (QED) is 0.704. The molecule has 8 nitrogen and oxygen atoms in total. The van der Waals surface area contributed by atoms with Crippen LogP contribution < -0.4 is 10.1 Å². The van der Waals surface area contributed by atoms with Gasteiger partial charge >= 0.3 is 0 Å². The van der Waals surface area contributed by atoms with Crippen molar-refractivity contribution in [1.29, 1.82) is 0 Å². The van der Waals surface area contributed by atoms with E-state index in [0.717, 1.165) is 34.3 Å². The second-order valence-electron chi connectivity index (χ2n) is 6.78. The van der Waals surface area contributed by atoms with E-state index in [-0.39, 0.29) is 5.91 Å². The van der Waals surface area contributed by atoms with Gasteiger partial charge in [0.15, 0.2) is 0 Å². The topological polar surface area (TPSA) is 98.4 Å². The molecule has 0 aromatic carbocycles. The number of nitrogens with one attached hydrogen (secondary N) is 2. The molecule has 1 amide bonds. The van der Waals surface area contributed by atoms with Gasteiger partial charge in [0.05, 0.1) is 36.8 Å². The predicted molar refractivity (Wildman–Crippen MR) is 104 cm³/mol. The Morgan fingerprint density at radius 3 is 2.86 bits per heavy atom. The van der Waals surface area contributed by atoms with Gasteiger partial charge in [-0.25, -0.2) is 9.97 Å². The Hall–Kier alpha value is -2.97. The van der Waals surface area contributed by atoms with E-state index >= 15 is 0 Å². The number of hydrogen-bond acceptors (Lipinski definition) is 6. The maximum Gasteiger partial charge on any atom is 0.222 e. The highest BCUT2D eigenvalue weighted by molar-refractivity contribution is 5.97. The van der Waals surface area contributed by atoms with Crippen LogP contribution in [0.3, 0.4) is 0 Å². The largest absolute Gasteiger partial charge is 0.497 e. The second-order valence-corrected chi connectivity index (χ2v) is 6.78. The third-order valence-corrected chi connectivity index (χ3v) is 5.02. The fourth-order valence-corrected chi connectivity index (χ4v) is 3.49. The molecule has 4 rings (SSSR count). The van der Waals surface area contributed by atoms with Gasteiger partial charge in [-0.15, -0.1) is 0 Å². The first-order valence-corrected chi connectivity index (χ1v) is 8.99. The molecule has 4 heterocycles. The summed E-state index contributed by atoms with van der Waals surface area (Å²) < 4.78 is 16.9. The van der Waals surface area contributed by atoms with Gasteiger partial charge in [-0.1, -0.05) is 0 Å². The lowest BCUT2D eigenvalue weighted by atomic mass is 9.96. The number of anilines is 1. The molecule has 0 radical (unpaired) electrons. The summed E-state index contributed by atoms with van der Waals surface area (Å²) in [6.07, 6.45) is 4.29. The number of carbonyl (C=O) groups excluding carboxylic acids is 1. The van der Waals surface area contributed by atoms with Crippen LogP contribution in [0.1, 0.15) is 19.0 Å². The van der Waals surface area contributed by atoms with Crippen LogP contribution in [0.2, 0.25) is 0 Å². The summed E-state index contributed by atoms with van der Waals surface area (Å²) in [7, 11) is 3.30. The van der Waals surface area contributed by atoms with E-state index < -0.39 is 5.60 Å². The normalized spacial score (nSPS) is 19.1. The molecule has 0 spiro atoms. The number of amides is 1. The van der Waals surface area contributed by atoms with E-state index in [2.05, 4.69) is 15.3 Å². The highest BCUT2D eigenvalue weighted by Crippen LogP contribution is 2.37. The number of aromatic nitrogens is 3. The number of rotatable bonds is 5. The minimum absolute atomic E-state index is 0.172. The molecule has 0 bridgehead atoms. The Labute approximate surface area is 162 Å². The van der Waals surface area contributed by atoms with Crippen molar-refractivity contribution in [2.75, 3.05) is 32.8 Å². The van der Waals surface area contributed by atoms with E-state index in [1.807, 2.05) is 24.4 Å². The fourth-order valence-electron chi connectivity index (χ4n) is 3.49. The van der Waals surface area contributed by atoms with Crippen molar-refractivity contribution in [3.05, 3.63) is 36.3 Å². The predicted octanol–water partition coefficient (Wildman–Crippen LogP) is 2.85. The molecule has 1 aliphatic heterocycles. The molecule has 0 aliphatic carbocycles. The molecule has 2 N–H and O–H groups in total. The third-order valence-electron chi connectivity index (χ3n) is 5.02. The minimum Gasteiger partial charge on any atom is -0.497 e. The number of fused-ring (bicyclic) bond motifs is 1. The standard InChI is InChI=1S/C20H22N4O4/c1-12(25)23-19-8-14-15(9-21-17(14)10-22-19)16-6-13(26-2)7-18(24-16)20(27-3)4-5-28-11-20/h6-10,21H,4-5,11H2,1-3H3,(H,22,23,25)/t20-/m0/s1. The molecule has 3 aromatic heterocycles. The minimum atomic E-state index is -0.585. The first-order valence-electron chi connectivity index (χ1n) is 8.99. The van der Waals surface area contributed by atoms with Crippen molar-refractivity contribution in [1.82, 2.24) is 15.0 Å². The maximum atomic E-state index is 11.4. The SMILES string of the molecule is COc1cc(-c2c[nH]c3cnc(NC(C)=O)cc23)nc([C@]2(OC)CCOC2)c1. The van der Waals surface area contributed by atoms with Crippen molar-refractivity contribution in [3.63, 3.8) is 0 Å². The summed E-state index contributed by atoms with van der Waals surface area (Å²) in [4.78, 5) is 23.7. The maximum absolute atomic E-state index is 11.4. The molecule has 0 saturated carbocycles. The van der Waals surface area contributed by atoms with Crippen molar-refractivity contribution in [3.8, 4) is 17.0 Å². The molecule has 1 saturated heterocycles. The van der Waals surface area contributed by atoms with Gasteiger partial charge in [-0.2, -0.15) is 0 Å². The van der Waals surface area contributed by atoms with E-state index in [1.54, 1.807) is 20.4 Å². The molecule has 0 unspecified atom stereocenters. The highest BCUT2D eigenvalue weighted by Gasteiger charge is 2.39. The van der Waals surface area contributed by atoms with Gasteiger partial charge < -0.3 is 24.5 Å². The summed E-state index contributed by atoms with van der Waals surface area (Å²) in [6.45, 7) is 2.53. The van der Waals surface area contributed by atoms with Gasteiger partial charge in [-0.05, 0) is 6.07 Å². The lowest BCUT2D eigenvalue weighted by Crippen LogP contribution is -2.30. The van der Waals surface area contributed by atoms with Crippen molar-refractivity contribution < 1.29 is 19.0 Å². The number of hydrogen-bond donors (Lipinski definition) is 2. The van der Waals surface area contributed by atoms with Crippen LogP contribution in [-0.2, 0) is 19.9 Å². The van der Waals surface area contributed by atoms with E-state index in [9.17, 15) is 4.79 Å². The Morgan fingerprint density at radius 1 is 1.32 bits per heavy atom. The number of methoxy groups -OCH3 is 2. The number of pyridine rings is 2. The van der Waals surface area contributed by atoms with Crippen LogP contribution in [0.5, 0.6) is 5.75 Å². The zero-order valence-electron chi connectivity index (χ0n) is 16.0. The van der Waals surface area contributed by atoms with Crippen LogP contribution in [0.15, 0.2) is 30.6 Å². The molecule has 8 heteroatoms. The average Bonchev–Trinajstić information content (AvgIpc) is 3.34. The number of carbonyl (C=O) groups is 1. The molecule has 146 valence electrons. The molecule has 3 aromatic rings. The van der Waals surface area contributed by atoms with Crippen LogP contribution >= 0.6 is 0 Å². The first kappa shape index (κ1) is 18.4. The summed E-state index contributed by atoms with van der Waals surface area (Å²) in [5, 5.41) is 3.62. The highest BCUT2D eigenvalue weighted by atomic mass is 16.5. The molecule has 28 heavy (non-hydrogen) atoms. The smallest absolute Gasteiger partial charge is 0.222 e. The number of H-pyrrole nitrogens is 1. The van der Waals surface area contributed by atoms with Crippen molar-refractivity contribution in [2.24, 2.45) is 0 Å². The Balaban J connectivity index is 1.84. The number of nitrogens with zero attached hydrogens (tertiary/aromatic N) is 2. The zero-order valence-corrected chi connectivity index (χ0v) is 16.0. The lowest BCUT2D eigenvalue weighted by Gasteiger charge is -2.26. The van der Waals surface area contributed by atoms with Crippen LogP contribution in [0.25, 0.3) is 22.2 Å². The summed E-state index contributed by atoms with van der Waals surface area (Å²) >= 11 is 0. The zero-order chi connectivity index (χ0) is 19.7. The van der Waals surface area contributed by atoms with Gasteiger partial charge in [0.1, 0.15) is 17.2 Å². The Morgan fingerprint density at radius 2 is 2.18 bits per heavy atom. The van der Waals surface area contributed by atoms with Crippen LogP contribution in [0.4, 0.5) is 5.82 Å². The summed E-state index contributed by atoms with van der Waals surface area (Å²) in [5.74, 6) is 1.00. The van der Waals surface area contributed by atoms with Crippen LogP contribution in [-0.4, -0.2) is 48.3 Å². The summed E-state index contributed by atoms with van der Waals surface area (Å²) in [5.41, 5.74) is 2.66. The van der Waals surface area contributed by atoms with E-state index in [0.29, 0.717) is 24.8 Å². The van der Waals surface area contributed by atoms with Crippen LogP contribution in [0, 0.1) is 0 Å². The van der Waals surface area contributed by atoms with Gasteiger partial charge in [0.2, 0.25) is 5.91 Å². The molecule has 1 fully saturated rings. The first-order chi connectivity index (χ1) is 13.5. The number of ether oxygens (including phenoxy) is 3. The fraction of sp³-hybridized carbons (Fsp3) is 0.350. The third kappa shape index (κ3) is 3.21. The average molecular weight is 382 g/mol. The molecule has 1 aliphatic rings. The Kier molecular flexibility index (Phi) is 4.74. The second kappa shape index (κ2) is 7.21. The number of aromatic amines is 1. The molecular formula is C20H22N4O4. The molecule has 1 atom stereocenters. The van der Waals surface area contributed by atoms with Gasteiger partial charge in [0.25, 0.3) is 0 Å².